The van der Waals surface area contributed by atoms with Crippen LogP contribution in [0.2, 0.25) is 0 Å². The van der Waals surface area contributed by atoms with E-state index in [0.717, 1.165) is 21.7 Å². The molecule has 0 N–H and O–H groups in total. The van der Waals surface area contributed by atoms with Gasteiger partial charge in [-0.2, -0.15) is 5.10 Å². The van der Waals surface area contributed by atoms with Gasteiger partial charge >= 0.3 is 0 Å². The molecule has 4 aromatic rings. The SMILES string of the molecule is Fc1ccc(OCCSc2ncnc3c2cnn3-c2ccccc2)cc1. The third-order valence-corrected chi connectivity index (χ3v) is 4.70. The van der Waals surface area contributed by atoms with Gasteiger partial charge in [0, 0.05) is 5.75 Å². The molecule has 2 heterocycles. The summed E-state index contributed by atoms with van der Waals surface area (Å²) in [6.45, 7) is 0.495. The van der Waals surface area contributed by atoms with E-state index < -0.39 is 0 Å². The van der Waals surface area contributed by atoms with Crippen LogP contribution in [0.25, 0.3) is 16.7 Å². The van der Waals surface area contributed by atoms with Gasteiger partial charge < -0.3 is 4.74 Å². The van der Waals surface area contributed by atoms with Crippen molar-refractivity contribution in [3.63, 3.8) is 0 Å². The van der Waals surface area contributed by atoms with Gasteiger partial charge in [-0.1, -0.05) is 18.2 Å². The second-order valence-corrected chi connectivity index (χ2v) is 6.54. The highest BCUT2D eigenvalue weighted by atomic mass is 32.2. The number of thioether (sulfide) groups is 1. The first-order valence-electron chi connectivity index (χ1n) is 8.06. The molecule has 130 valence electrons. The molecule has 0 fully saturated rings. The molecule has 0 unspecified atom stereocenters. The average Bonchev–Trinajstić information content (AvgIpc) is 3.12. The lowest BCUT2D eigenvalue weighted by molar-refractivity contribution is 0.343. The quantitative estimate of drug-likeness (QED) is 0.292. The van der Waals surface area contributed by atoms with E-state index in [4.69, 9.17) is 4.74 Å². The van der Waals surface area contributed by atoms with Crippen LogP contribution in [0.5, 0.6) is 5.75 Å². The molecule has 2 aromatic heterocycles. The van der Waals surface area contributed by atoms with Crippen LogP contribution in [0, 0.1) is 5.82 Å². The topological polar surface area (TPSA) is 52.8 Å². The molecular formula is C19H15FN4OS. The van der Waals surface area contributed by atoms with Crippen molar-refractivity contribution in [1.82, 2.24) is 19.7 Å². The first kappa shape index (κ1) is 16.5. The summed E-state index contributed by atoms with van der Waals surface area (Å²) in [5, 5.41) is 6.21. The Morgan fingerprint density at radius 2 is 1.81 bits per heavy atom. The van der Waals surface area contributed by atoms with E-state index in [9.17, 15) is 4.39 Å². The molecule has 26 heavy (non-hydrogen) atoms. The Morgan fingerprint density at radius 1 is 1.00 bits per heavy atom. The number of hydrogen-bond acceptors (Lipinski definition) is 5. The Labute approximate surface area is 153 Å². The molecule has 0 spiro atoms. The normalized spacial score (nSPS) is 11.0. The number of para-hydroxylation sites is 1. The highest BCUT2D eigenvalue weighted by Crippen LogP contribution is 2.25. The smallest absolute Gasteiger partial charge is 0.167 e. The zero-order valence-corrected chi connectivity index (χ0v) is 14.6. The number of benzene rings is 2. The van der Waals surface area contributed by atoms with Gasteiger partial charge in [0.25, 0.3) is 0 Å². The van der Waals surface area contributed by atoms with Gasteiger partial charge in [-0.25, -0.2) is 19.0 Å². The lowest BCUT2D eigenvalue weighted by Gasteiger charge is -2.06. The predicted molar refractivity (Wildman–Crippen MR) is 99.3 cm³/mol. The second-order valence-electron chi connectivity index (χ2n) is 5.46. The van der Waals surface area contributed by atoms with Crippen LogP contribution in [0.1, 0.15) is 0 Å². The Kier molecular flexibility index (Phi) is 4.79. The van der Waals surface area contributed by atoms with E-state index in [-0.39, 0.29) is 5.82 Å². The third-order valence-electron chi connectivity index (χ3n) is 3.73. The van der Waals surface area contributed by atoms with Gasteiger partial charge in [0.1, 0.15) is 22.9 Å². The summed E-state index contributed by atoms with van der Waals surface area (Å²) in [5.41, 5.74) is 1.73. The summed E-state index contributed by atoms with van der Waals surface area (Å²) in [6.07, 6.45) is 3.33. The van der Waals surface area contributed by atoms with Gasteiger partial charge in [0.05, 0.1) is 23.9 Å². The van der Waals surface area contributed by atoms with E-state index in [1.54, 1.807) is 41.1 Å². The van der Waals surface area contributed by atoms with Crippen molar-refractivity contribution in [2.24, 2.45) is 0 Å². The molecule has 0 radical (unpaired) electrons. The van der Waals surface area contributed by atoms with E-state index in [1.165, 1.54) is 12.1 Å². The number of rotatable bonds is 6. The van der Waals surface area contributed by atoms with Crippen LogP contribution in [0.15, 0.2) is 72.1 Å². The largest absolute Gasteiger partial charge is 0.493 e. The fourth-order valence-corrected chi connectivity index (χ4v) is 3.31. The van der Waals surface area contributed by atoms with E-state index in [1.807, 2.05) is 30.3 Å². The van der Waals surface area contributed by atoms with Gasteiger partial charge in [0.15, 0.2) is 5.65 Å². The number of ether oxygens (including phenoxy) is 1. The summed E-state index contributed by atoms with van der Waals surface area (Å²) in [7, 11) is 0. The molecule has 0 saturated heterocycles. The molecule has 0 bridgehead atoms. The first-order chi connectivity index (χ1) is 12.8. The van der Waals surface area contributed by atoms with E-state index in [2.05, 4.69) is 15.1 Å². The summed E-state index contributed by atoms with van der Waals surface area (Å²) in [6, 6.07) is 15.9. The van der Waals surface area contributed by atoms with Crippen molar-refractivity contribution in [1.29, 1.82) is 0 Å². The average molecular weight is 366 g/mol. The van der Waals surface area contributed by atoms with Crippen LogP contribution in [0.3, 0.4) is 0 Å². The van der Waals surface area contributed by atoms with Gasteiger partial charge in [-0.3, -0.25) is 0 Å². The van der Waals surface area contributed by atoms with Crippen molar-refractivity contribution in [2.75, 3.05) is 12.4 Å². The Bertz CT molecular complexity index is 1010. The zero-order valence-electron chi connectivity index (χ0n) is 13.7. The van der Waals surface area contributed by atoms with Crippen LogP contribution < -0.4 is 4.74 Å². The molecule has 0 amide bonds. The molecule has 0 aliphatic heterocycles. The summed E-state index contributed by atoms with van der Waals surface area (Å²) in [5.74, 6) is 1.09. The van der Waals surface area contributed by atoms with Crippen molar-refractivity contribution < 1.29 is 9.13 Å². The van der Waals surface area contributed by atoms with Crippen LogP contribution in [-0.4, -0.2) is 32.1 Å². The minimum Gasteiger partial charge on any atom is -0.493 e. The zero-order chi connectivity index (χ0) is 17.8. The van der Waals surface area contributed by atoms with Crippen molar-refractivity contribution >= 4 is 22.8 Å². The maximum absolute atomic E-state index is 12.9. The standard InChI is InChI=1S/C19H15FN4OS/c20-14-6-8-16(9-7-14)25-10-11-26-19-17-12-23-24(18(17)21-13-22-19)15-4-2-1-3-5-15/h1-9,12-13H,10-11H2. The Morgan fingerprint density at radius 3 is 2.62 bits per heavy atom. The number of hydrogen-bond donors (Lipinski definition) is 0. The Hall–Kier alpha value is -2.93. The summed E-state index contributed by atoms with van der Waals surface area (Å²) >= 11 is 1.58. The molecule has 7 heteroatoms. The molecule has 5 nitrogen and oxygen atoms in total. The van der Waals surface area contributed by atoms with Gasteiger partial charge in [-0.05, 0) is 36.4 Å². The summed E-state index contributed by atoms with van der Waals surface area (Å²) in [4.78, 5) is 8.73. The number of nitrogens with zero attached hydrogens (tertiary/aromatic N) is 4. The Balaban J connectivity index is 1.45. The lowest BCUT2D eigenvalue weighted by Crippen LogP contribution is -2.01. The van der Waals surface area contributed by atoms with Gasteiger partial charge in [0.2, 0.25) is 0 Å². The van der Waals surface area contributed by atoms with Crippen molar-refractivity contribution in [2.45, 2.75) is 5.03 Å². The van der Waals surface area contributed by atoms with E-state index in [0.29, 0.717) is 18.1 Å². The molecule has 2 aromatic carbocycles. The minimum absolute atomic E-state index is 0.273. The molecule has 0 saturated carbocycles. The number of aromatic nitrogens is 4. The maximum atomic E-state index is 12.9. The lowest BCUT2D eigenvalue weighted by atomic mass is 10.3. The third kappa shape index (κ3) is 3.52. The molecule has 0 atom stereocenters. The van der Waals surface area contributed by atoms with Crippen molar-refractivity contribution in [3.05, 3.63) is 72.9 Å². The molecule has 0 aliphatic carbocycles. The highest BCUT2D eigenvalue weighted by molar-refractivity contribution is 7.99. The number of fused-ring (bicyclic) bond motifs is 1. The maximum Gasteiger partial charge on any atom is 0.167 e. The molecule has 0 aliphatic rings. The fraction of sp³-hybridized carbons (Fsp3) is 0.105. The van der Waals surface area contributed by atoms with E-state index >= 15 is 0 Å². The minimum atomic E-state index is -0.273. The van der Waals surface area contributed by atoms with Crippen LogP contribution in [-0.2, 0) is 0 Å². The number of halogens is 1. The second kappa shape index (κ2) is 7.53. The molecule has 4 rings (SSSR count). The highest BCUT2D eigenvalue weighted by Gasteiger charge is 2.11. The van der Waals surface area contributed by atoms with Crippen LogP contribution in [0.4, 0.5) is 4.39 Å². The monoisotopic (exact) mass is 366 g/mol. The first-order valence-corrected chi connectivity index (χ1v) is 9.05. The van der Waals surface area contributed by atoms with Crippen molar-refractivity contribution in [3.8, 4) is 11.4 Å². The summed E-state index contributed by atoms with van der Waals surface area (Å²) < 4.78 is 20.3. The van der Waals surface area contributed by atoms with Crippen LogP contribution >= 0.6 is 11.8 Å². The fourth-order valence-electron chi connectivity index (χ4n) is 2.52. The predicted octanol–water partition coefficient (Wildman–Crippen LogP) is 4.13. The van der Waals surface area contributed by atoms with Gasteiger partial charge in [-0.15, -0.1) is 11.8 Å². The molecular weight excluding hydrogens is 351 g/mol.